The Morgan fingerprint density at radius 3 is 1.33 bits per heavy atom. The molecule has 0 heteroatoms. The van der Waals surface area contributed by atoms with Crippen molar-refractivity contribution in [2.75, 3.05) is 0 Å². The lowest BCUT2D eigenvalue weighted by Gasteiger charge is -2.32. The Morgan fingerprint density at radius 2 is 0.681 bits per heavy atom. The Bertz CT molecular complexity index is 4360. The fourth-order valence-corrected chi connectivity index (χ4v) is 13.4. The van der Waals surface area contributed by atoms with Crippen LogP contribution in [0.5, 0.6) is 0 Å². The summed E-state index contributed by atoms with van der Waals surface area (Å²) in [5, 5.41) is 15.7. The van der Waals surface area contributed by atoms with Gasteiger partial charge in [0, 0.05) is 0 Å². The summed E-state index contributed by atoms with van der Waals surface area (Å²) in [7, 11) is 0. The van der Waals surface area contributed by atoms with E-state index in [9.17, 15) is 0 Å². The van der Waals surface area contributed by atoms with Crippen molar-refractivity contribution in [3.05, 3.63) is 265 Å². The molecule has 0 N–H and O–H groups in total. The molecule has 14 aromatic carbocycles. The first-order valence-electron chi connectivity index (χ1n) is 24.2. The van der Waals surface area contributed by atoms with Gasteiger partial charge in [-0.3, -0.25) is 0 Å². The molecule has 69 heavy (non-hydrogen) atoms. The first-order valence-corrected chi connectivity index (χ1v) is 24.2. The minimum atomic E-state index is -0.448. The maximum Gasteiger partial charge on any atom is 0.0731 e. The van der Waals surface area contributed by atoms with Crippen LogP contribution in [0.1, 0.15) is 22.3 Å². The van der Waals surface area contributed by atoms with E-state index < -0.39 is 5.41 Å². The summed E-state index contributed by atoms with van der Waals surface area (Å²) >= 11 is 0. The summed E-state index contributed by atoms with van der Waals surface area (Å²) in [5.41, 5.74) is 20.4. The van der Waals surface area contributed by atoms with Crippen molar-refractivity contribution in [2.45, 2.75) is 5.41 Å². The normalized spacial score (nSPS) is 13.3. The van der Waals surface area contributed by atoms with Crippen LogP contribution >= 0.6 is 0 Å². The van der Waals surface area contributed by atoms with E-state index in [1.165, 1.54) is 154 Å². The van der Waals surface area contributed by atoms with Gasteiger partial charge in [0.25, 0.3) is 0 Å². The fourth-order valence-electron chi connectivity index (χ4n) is 13.4. The number of benzene rings is 14. The summed E-state index contributed by atoms with van der Waals surface area (Å²) in [5.74, 6) is 0. The molecule has 14 aromatic rings. The Kier molecular flexibility index (Phi) is 7.36. The lowest BCUT2D eigenvalue weighted by Crippen LogP contribution is -2.26. The highest BCUT2D eigenvalue weighted by atomic mass is 14.5. The smallest absolute Gasteiger partial charge is 0.0622 e. The Balaban J connectivity index is 0.970. The van der Waals surface area contributed by atoms with Crippen LogP contribution in [0.3, 0.4) is 0 Å². The third kappa shape index (κ3) is 4.82. The summed E-state index contributed by atoms with van der Waals surface area (Å²) < 4.78 is 0. The minimum absolute atomic E-state index is 0.448. The highest BCUT2D eigenvalue weighted by Crippen LogP contribution is 2.66. The molecule has 0 aliphatic heterocycles. The van der Waals surface area contributed by atoms with Gasteiger partial charge in [0.05, 0.1) is 5.41 Å². The SMILES string of the molecule is c1ccc(-c2cc(-c3ccccc3)cc(-c3ccc4ccc5c(-c6cc7cccc8c9c(c%10cccc6c%10c78)C6(c7ccccc7-c7ccccc76)c6ccccc6-9)ccc6ccc3c4c65)c2)cc1. The van der Waals surface area contributed by atoms with Crippen LogP contribution in [0, 0.1) is 0 Å². The van der Waals surface area contributed by atoms with E-state index in [0.717, 1.165) is 0 Å². The minimum Gasteiger partial charge on any atom is -0.0622 e. The average Bonchev–Trinajstić information content (AvgIpc) is 3.90. The summed E-state index contributed by atoms with van der Waals surface area (Å²) in [6.45, 7) is 0. The van der Waals surface area contributed by atoms with Crippen molar-refractivity contribution < 1.29 is 0 Å². The van der Waals surface area contributed by atoms with Crippen LogP contribution < -0.4 is 0 Å². The molecule has 0 radical (unpaired) electrons. The molecule has 0 saturated carbocycles. The Labute approximate surface area is 399 Å². The van der Waals surface area contributed by atoms with Gasteiger partial charge in [0.15, 0.2) is 0 Å². The van der Waals surface area contributed by atoms with Crippen molar-refractivity contribution in [1.82, 2.24) is 0 Å². The second-order valence-corrected chi connectivity index (χ2v) is 19.4. The van der Waals surface area contributed by atoms with Gasteiger partial charge in [0.1, 0.15) is 0 Å². The van der Waals surface area contributed by atoms with Crippen molar-refractivity contribution in [3.8, 4) is 66.8 Å². The molecule has 1 spiro atoms. The largest absolute Gasteiger partial charge is 0.0731 e. The quantitative estimate of drug-likeness (QED) is 0.155. The van der Waals surface area contributed by atoms with Crippen LogP contribution in [0.4, 0.5) is 0 Å². The molecule has 0 heterocycles. The van der Waals surface area contributed by atoms with Crippen LogP contribution in [-0.2, 0) is 5.41 Å². The van der Waals surface area contributed by atoms with E-state index in [2.05, 4.69) is 243 Å². The highest BCUT2D eigenvalue weighted by molar-refractivity contribution is 6.34. The van der Waals surface area contributed by atoms with Crippen LogP contribution in [-0.4, -0.2) is 0 Å². The molecule has 0 atom stereocenters. The van der Waals surface area contributed by atoms with Gasteiger partial charge in [-0.05, 0) is 178 Å². The lowest BCUT2D eigenvalue weighted by molar-refractivity contribution is 0.802. The Hall–Kier alpha value is -8.84. The highest BCUT2D eigenvalue weighted by Gasteiger charge is 2.53. The van der Waals surface area contributed by atoms with E-state index in [4.69, 9.17) is 0 Å². The average molecular weight is 869 g/mol. The third-order valence-electron chi connectivity index (χ3n) is 16.1. The number of hydrogen-bond donors (Lipinski definition) is 0. The van der Waals surface area contributed by atoms with E-state index >= 15 is 0 Å². The van der Waals surface area contributed by atoms with Gasteiger partial charge in [-0.25, -0.2) is 0 Å². The predicted octanol–water partition coefficient (Wildman–Crippen LogP) is 18.5. The van der Waals surface area contributed by atoms with Crippen molar-refractivity contribution in [3.63, 3.8) is 0 Å². The summed E-state index contributed by atoms with van der Waals surface area (Å²) in [4.78, 5) is 0. The maximum absolute atomic E-state index is 2.49. The zero-order valence-electron chi connectivity index (χ0n) is 37.6. The summed E-state index contributed by atoms with van der Waals surface area (Å²) in [6.07, 6.45) is 0. The van der Waals surface area contributed by atoms with Crippen molar-refractivity contribution >= 4 is 64.6 Å². The van der Waals surface area contributed by atoms with E-state index in [0.29, 0.717) is 0 Å². The van der Waals surface area contributed by atoms with Crippen LogP contribution in [0.25, 0.3) is 131 Å². The van der Waals surface area contributed by atoms with E-state index in [1.807, 2.05) is 0 Å². The molecule has 16 rings (SSSR count). The van der Waals surface area contributed by atoms with Crippen molar-refractivity contribution in [1.29, 1.82) is 0 Å². The van der Waals surface area contributed by atoms with Gasteiger partial charge in [0.2, 0.25) is 0 Å². The number of rotatable bonds is 4. The Morgan fingerprint density at radius 1 is 0.217 bits per heavy atom. The summed E-state index contributed by atoms with van der Waals surface area (Å²) in [6, 6.07) is 91.9. The molecule has 0 unspecified atom stereocenters. The van der Waals surface area contributed by atoms with Crippen LogP contribution in [0.15, 0.2) is 243 Å². The third-order valence-corrected chi connectivity index (χ3v) is 16.1. The van der Waals surface area contributed by atoms with Gasteiger partial charge < -0.3 is 0 Å². The van der Waals surface area contributed by atoms with E-state index in [1.54, 1.807) is 0 Å². The van der Waals surface area contributed by atoms with Gasteiger partial charge in [-0.1, -0.05) is 218 Å². The standard InChI is InChI=1S/C69H40/c1-3-15-41(16-4-1)46-37-47(42-17-5-2-6-18-42)39-48(38-46)49-33-29-43-32-36-55-50(34-30-44-31-35-54(49)63(43)64(44)55)59-40-45-19-13-24-57-65(45)66-53(59)23-14-25-58(66)68-67(57)56-22-9-12-28-62(56)69(68)60-26-10-7-20-51(60)52-21-8-11-27-61(52)69/h1-40H. The molecule has 316 valence electrons. The number of hydrogen-bond acceptors (Lipinski definition) is 0. The second-order valence-electron chi connectivity index (χ2n) is 19.4. The zero-order valence-corrected chi connectivity index (χ0v) is 37.6. The molecular weight excluding hydrogens is 829 g/mol. The monoisotopic (exact) mass is 868 g/mol. The molecule has 2 aliphatic carbocycles. The van der Waals surface area contributed by atoms with Gasteiger partial charge in [-0.15, -0.1) is 0 Å². The predicted molar refractivity (Wildman–Crippen MR) is 292 cm³/mol. The zero-order chi connectivity index (χ0) is 45.0. The van der Waals surface area contributed by atoms with Gasteiger partial charge >= 0.3 is 0 Å². The second kappa shape index (κ2) is 13.6. The first kappa shape index (κ1) is 37.3. The number of fused-ring (bicyclic) bond motifs is 12. The molecule has 0 aromatic heterocycles. The topological polar surface area (TPSA) is 0 Å². The van der Waals surface area contributed by atoms with Crippen LogP contribution in [0.2, 0.25) is 0 Å². The molecular formula is C69H40. The molecule has 0 saturated heterocycles. The molecule has 0 bridgehead atoms. The first-order chi connectivity index (χ1) is 34.2. The fraction of sp³-hybridized carbons (Fsp3) is 0.0145. The lowest BCUT2D eigenvalue weighted by atomic mass is 9.68. The maximum atomic E-state index is 2.49. The van der Waals surface area contributed by atoms with Crippen molar-refractivity contribution in [2.24, 2.45) is 0 Å². The van der Waals surface area contributed by atoms with E-state index in [-0.39, 0.29) is 0 Å². The molecule has 0 amide bonds. The molecule has 0 fully saturated rings. The molecule has 2 aliphatic rings. The van der Waals surface area contributed by atoms with Gasteiger partial charge in [-0.2, -0.15) is 0 Å². The molecule has 0 nitrogen and oxygen atoms in total.